The molecule has 3 heteroatoms. The van der Waals surface area contributed by atoms with Crippen LogP contribution in [0.15, 0.2) is 42.6 Å². The van der Waals surface area contributed by atoms with E-state index in [0.717, 1.165) is 16.8 Å². The van der Waals surface area contributed by atoms with Crippen LogP contribution >= 0.6 is 0 Å². The molecule has 0 saturated carbocycles. The molecule has 1 aromatic heterocycles. The van der Waals surface area contributed by atoms with Crippen molar-refractivity contribution in [2.75, 3.05) is 0 Å². The highest BCUT2D eigenvalue weighted by Gasteiger charge is 2.08. The van der Waals surface area contributed by atoms with Gasteiger partial charge in [-0.1, -0.05) is 12.1 Å². The Bertz CT molecular complexity index is 511. The topological polar surface area (TPSA) is 59.1 Å². The van der Waals surface area contributed by atoms with E-state index in [2.05, 4.69) is 4.98 Å². The summed E-state index contributed by atoms with van der Waals surface area (Å²) in [6.07, 6.45) is 2.44. The number of hydrogen-bond donors (Lipinski definition) is 2. The molecular formula is C14H16N2O. The number of aromatic hydroxyl groups is 1. The fourth-order valence-corrected chi connectivity index (χ4v) is 1.80. The van der Waals surface area contributed by atoms with Crippen LogP contribution < -0.4 is 5.73 Å². The van der Waals surface area contributed by atoms with Crippen molar-refractivity contribution in [1.29, 1.82) is 0 Å². The summed E-state index contributed by atoms with van der Waals surface area (Å²) in [5, 5.41) is 9.38. The first-order chi connectivity index (χ1) is 8.15. The molecule has 0 aliphatic rings. The van der Waals surface area contributed by atoms with Gasteiger partial charge in [0.05, 0.1) is 11.7 Å². The minimum atomic E-state index is -0.142. The van der Waals surface area contributed by atoms with Crippen LogP contribution in [-0.4, -0.2) is 10.1 Å². The number of phenols is 1. The van der Waals surface area contributed by atoms with Crippen molar-refractivity contribution in [2.45, 2.75) is 19.4 Å². The fourth-order valence-electron chi connectivity index (χ4n) is 1.80. The molecule has 1 atom stereocenters. The van der Waals surface area contributed by atoms with Gasteiger partial charge in [0.2, 0.25) is 0 Å². The van der Waals surface area contributed by atoms with E-state index in [9.17, 15) is 5.11 Å². The molecule has 0 spiro atoms. The molecule has 0 amide bonds. The van der Waals surface area contributed by atoms with Crippen molar-refractivity contribution < 1.29 is 5.11 Å². The summed E-state index contributed by atoms with van der Waals surface area (Å²) < 4.78 is 0. The molecule has 1 unspecified atom stereocenters. The maximum Gasteiger partial charge on any atom is 0.115 e. The van der Waals surface area contributed by atoms with Gasteiger partial charge >= 0.3 is 0 Å². The second kappa shape index (κ2) is 4.97. The van der Waals surface area contributed by atoms with Gasteiger partial charge in [0, 0.05) is 6.20 Å². The van der Waals surface area contributed by atoms with Crippen molar-refractivity contribution in [3.8, 4) is 5.75 Å². The van der Waals surface area contributed by atoms with Gasteiger partial charge in [-0.25, -0.2) is 0 Å². The highest BCUT2D eigenvalue weighted by molar-refractivity contribution is 5.29. The zero-order chi connectivity index (χ0) is 12.3. The quantitative estimate of drug-likeness (QED) is 0.847. The van der Waals surface area contributed by atoms with Gasteiger partial charge in [-0.15, -0.1) is 0 Å². The van der Waals surface area contributed by atoms with Crippen LogP contribution in [0.4, 0.5) is 0 Å². The Morgan fingerprint density at radius 2 is 2.12 bits per heavy atom. The van der Waals surface area contributed by atoms with Crippen LogP contribution in [0.2, 0.25) is 0 Å². The first-order valence-electron chi connectivity index (χ1n) is 5.61. The minimum absolute atomic E-state index is 0.142. The van der Waals surface area contributed by atoms with E-state index in [0.29, 0.717) is 6.42 Å². The van der Waals surface area contributed by atoms with Gasteiger partial charge < -0.3 is 10.8 Å². The molecule has 0 bridgehead atoms. The summed E-state index contributed by atoms with van der Waals surface area (Å²) in [4.78, 5) is 4.27. The van der Waals surface area contributed by atoms with Gasteiger partial charge in [-0.05, 0) is 48.7 Å². The van der Waals surface area contributed by atoms with Crippen molar-refractivity contribution in [3.63, 3.8) is 0 Å². The van der Waals surface area contributed by atoms with Crippen LogP contribution in [0.1, 0.15) is 22.9 Å². The van der Waals surface area contributed by atoms with Crippen LogP contribution in [0, 0.1) is 6.92 Å². The van der Waals surface area contributed by atoms with Crippen molar-refractivity contribution in [2.24, 2.45) is 5.73 Å². The average Bonchev–Trinajstić information content (AvgIpc) is 2.29. The third-order valence-electron chi connectivity index (χ3n) is 2.68. The lowest BCUT2D eigenvalue weighted by Gasteiger charge is -2.11. The number of pyridine rings is 1. The lowest BCUT2D eigenvalue weighted by molar-refractivity contribution is 0.474. The standard InChI is InChI=1S/C14H16N2O/c1-10-5-6-16-14(7-10)13(15)9-11-3-2-4-12(17)8-11/h2-8,13,17H,9,15H2,1H3. The highest BCUT2D eigenvalue weighted by atomic mass is 16.3. The largest absolute Gasteiger partial charge is 0.508 e. The number of benzene rings is 1. The molecule has 1 heterocycles. The van der Waals surface area contributed by atoms with E-state index in [4.69, 9.17) is 5.73 Å². The molecule has 0 saturated heterocycles. The molecule has 2 rings (SSSR count). The normalized spacial score (nSPS) is 12.4. The molecular weight excluding hydrogens is 212 g/mol. The first-order valence-corrected chi connectivity index (χ1v) is 5.61. The second-order valence-electron chi connectivity index (χ2n) is 4.24. The lowest BCUT2D eigenvalue weighted by atomic mass is 10.0. The van der Waals surface area contributed by atoms with Crippen LogP contribution in [0.5, 0.6) is 5.75 Å². The predicted molar refractivity (Wildman–Crippen MR) is 67.7 cm³/mol. The zero-order valence-corrected chi connectivity index (χ0v) is 9.80. The van der Waals surface area contributed by atoms with E-state index in [1.807, 2.05) is 31.2 Å². The summed E-state index contributed by atoms with van der Waals surface area (Å²) in [5.41, 5.74) is 9.15. The maximum atomic E-state index is 9.38. The summed E-state index contributed by atoms with van der Waals surface area (Å²) in [6, 6.07) is 11.0. The van der Waals surface area contributed by atoms with Gasteiger partial charge in [0.1, 0.15) is 5.75 Å². The Kier molecular flexibility index (Phi) is 3.40. The number of nitrogens with two attached hydrogens (primary N) is 1. The molecule has 3 nitrogen and oxygen atoms in total. The first kappa shape index (κ1) is 11.6. The second-order valence-corrected chi connectivity index (χ2v) is 4.24. The number of aryl methyl sites for hydroxylation is 1. The summed E-state index contributed by atoms with van der Waals surface area (Å²) >= 11 is 0. The Morgan fingerprint density at radius 1 is 1.29 bits per heavy atom. The molecule has 3 N–H and O–H groups in total. The van der Waals surface area contributed by atoms with Gasteiger partial charge in [0.25, 0.3) is 0 Å². The van der Waals surface area contributed by atoms with E-state index < -0.39 is 0 Å². The summed E-state index contributed by atoms with van der Waals surface area (Å²) in [6.45, 7) is 2.02. The smallest absolute Gasteiger partial charge is 0.115 e. The molecule has 0 fully saturated rings. The molecule has 0 radical (unpaired) electrons. The minimum Gasteiger partial charge on any atom is -0.508 e. The molecule has 0 aliphatic heterocycles. The van der Waals surface area contributed by atoms with Crippen molar-refractivity contribution in [1.82, 2.24) is 4.98 Å². The number of aromatic nitrogens is 1. The highest BCUT2D eigenvalue weighted by Crippen LogP contribution is 2.18. The van der Waals surface area contributed by atoms with Crippen LogP contribution in [-0.2, 0) is 6.42 Å². The van der Waals surface area contributed by atoms with Crippen molar-refractivity contribution >= 4 is 0 Å². The number of nitrogens with zero attached hydrogens (tertiary/aromatic N) is 1. The average molecular weight is 228 g/mol. The third kappa shape index (κ3) is 3.04. The van der Waals surface area contributed by atoms with E-state index in [1.54, 1.807) is 18.3 Å². The lowest BCUT2D eigenvalue weighted by Crippen LogP contribution is -2.14. The number of hydrogen-bond acceptors (Lipinski definition) is 3. The van der Waals surface area contributed by atoms with E-state index >= 15 is 0 Å². The number of rotatable bonds is 3. The maximum absolute atomic E-state index is 9.38. The van der Waals surface area contributed by atoms with Gasteiger partial charge in [-0.3, -0.25) is 4.98 Å². The van der Waals surface area contributed by atoms with E-state index in [-0.39, 0.29) is 11.8 Å². The Balaban J connectivity index is 2.14. The molecule has 17 heavy (non-hydrogen) atoms. The fraction of sp³-hybridized carbons (Fsp3) is 0.214. The summed E-state index contributed by atoms with van der Waals surface area (Å²) in [5.74, 6) is 0.270. The Hall–Kier alpha value is -1.87. The molecule has 1 aromatic carbocycles. The van der Waals surface area contributed by atoms with E-state index in [1.165, 1.54) is 0 Å². The molecule has 0 aliphatic carbocycles. The van der Waals surface area contributed by atoms with Gasteiger partial charge in [0.15, 0.2) is 0 Å². The molecule has 2 aromatic rings. The monoisotopic (exact) mass is 228 g/mol. The third-order valence-corrected chi connectivity index (χ3v) is 2.68. The SMILES string of the molecule is Cc1ccnc(C(N)Cc2cccc(O)c2)c1. The Labute approximate surface area is 101 Å². The zero-order valence-electron chi connectivity index (χ0n) is 9.80. The van der Waals surface area contributed by atoms with Crippen LogP contribution in [0.3, 0.4) is 0 Å². The van der Waals surface area contributed by atoms with Gasteiger partial charge in [-0.2, -0.15) is 0 Å². The summed E-state index contributed by atoms with van der Waals surface area (Å²) in [7, 11) is 0. The number of phenolic OH excluding ortho intramolecular Hbond substituents is 1. The Morgan fingerprint density at radius 3 is 2.82 bits per heavy atom. The predicted octanol–water partition coefficient (Wildman–Crippen LogP) is 2.34. The van der Waals surface area contributed by atoms with Crippen LogP contribution in [0.25, 0.3) is 0 Å². The molecule has 88 valence electrons. The van der Waals surface area contributed by atoms with Crippen molar-refractivity contribution in [3.05, 3.63) is 59.4 Å².